The third kappa shape index (κ3) is 2.76. The topological polar surface area (TPSA) is 56.7 Å². The number of nitrogens with zero attached hydrogens (tertiary/aromatic N) is 3. The van der Waals surface area contributed by atoms with Crippen LogP contribution in [0.1, 0.15) is 31.2 Å². The Hall–Kier alpha value is -2.05. The monoisotopic (exact) mass is 284 g/mol. The molecule has 108 valence electrons. The third-order valence-electron chi connectivity index (χ3n) is 2.84. The first-order valence-electron chi connectivity index (χ1n) is 6.07. The fraction of sp³-hybridized carbons (Fsp3) is 0.385. The summed E-state index contributed by atoms with van der Waals surface area (Å²) in [5, 5.41) is 4.19. The molecule has 1 aromatic carbocycles. The summed E-state index contributed by atoms with van der Waals surface area (Å²) in [5.74, 6) is 1.04. The highest BCUT2D eigenvalue weighted by molar-refractivity contribution is 5.63. The lowest BCUT2D eigenvalue weighted by atomic mass is 10.1. The van der Waals surface area contributed by atoms with Gasteiger partial charge in [-0.3, -0.25) is 0 Å². The molecule has 4 nitrogen and oxygen atoms in total. The number of hydrogen-bond acceptors (Lipinski definition) is 3. The Morgan fingerprint density at radius 3 is 2.35 bits per heavy atom. The van der Waals surface area contributed by atoms with Crippen molar-refractivity contribution in [1.82, 2.24) is 14.8 Å². The lowest BCUT2D eigenvalue weighted by Gasteiger charge is -2.10. The number of nitrogen functional groups attached to an aromatic ring is 1. The van der Waals surface area contributed by atoms with E-state index in [0.717, 1.165) is 12.1 Å². The standard InChI is InChI=1S/C13H15F3N4/c1-7(2)11-18-12(20(3)19-11)8-4-9(13(14,15)16)6-10(17)5-8/h4-7H,17H2,1-3H3. The summed E-state index contributed by atoms with van der Waals surface area (Å²) in [6, 6.07) is 3.40. The van der Waals surface area contributed by atoms with Crippen LogP contribution >= 0.6 is 0 Å². The van der Waals surface area contributed by atoms with E-state index in [1.165, 1.54) is 10.7 Å². The highest BCUT2D eigenvalue weighted by Gasteiger charge is 2.31. The number of benzene rings is 1. The Morgan fingerprint density at radius 2 is 1.85 bits per heavy atom. The smallest absolute Gasteiger partial charge is 0.399 e. The number of aromatic nitrogens is 3. The molecule has 0 radical (unpaired) electrons. The molecule has 0 aliphatic rings. The minimum absolute atomic E-state index is 0.0453. The van der Waals surface area contributed by atoms with Gasteiger partial charge in [-0.15, -0.1) is 0 Å². The average Bonchev–Trinajstić information content (AvgIpc) is 2.69. The molecule has 1 aromatic heterocycles. The minimum Gasteiger partial charge on any atom is -0.399 e. The number of hydrogen-bond donors (Lipinski definition) is 1. The minimum atomic E-state index is -4.44. The van der Waals surface area contributed by atoms with Crippen LogP contribution in [0, 0.1) is 0 Å². The molecule has 20 heavy (non-hydrogen) atoms. The molecule has 0 atom stereocenters. The Bertz CT molecular complexity index is 629. The molecule has 0 spiro atoms. The van der Waals surface area contributed by atoms with Crippen LogP contribution in [-0.2, 0) is 13.2 Å². The van der Waals surface area contributed by atoms with Gasteiger partial charge >= 0.3 is 6.18 Å². The van der Waals surface area contributed by atoms with Crippen molar-refractivity contribution in [2.24, 2.45) is 7.05 Å². The highest BCUT2D eigenvalue weighted by atomic mass is 19.4. The number of halogens is 3. The van der Waals surface area contributed by atoms with Crippen molar-refractivity contribution >= 4 is 5.69 Å². The van der Waals surface area contributed by atoms with Gasteiger partial charge in [-0.05, 0) is 18.2 Å². The number of rotatable bonds is 2. The first kappa shape index (κ1) is 14.4. The molecule has 7 heteroatoms. The van der Waals surface area contributed by atoms with Gasteiger partial charge in [-0.1, -0.05) is 13.8 Å². The van der Waals surface area contributed by atoms with Crippen molar-refractivity contribution in [2.45, 2.75) is 25.9 Å². The van der Waals surface area contributed by atoms with Gasteiger partial charge in [0.2, 0.25) is 0 Å². The number of alkyl halides is 3. The lowest BCUT2D eigenvalue weighted by Crippen LogP contribution is -2.06. The summed E-state index contributed by atoms with van der Waals surface area (Å²) < 4.78 is 39.9. The zero-order valence-corrected chi connectivity index (χ0v) is 11.4. The van der Waals surface area contributed by atoms with Gasteiger partial charge in [0.05, 0.1) is 5.56 Å². The second kappa shape index (κ2) is 4.81. The second-order valence-electron chi connectivity index (χ2n) is 4.91. The summed E-state index contributed by atoms with van der Waals surface area (Å²) in [5.41, 5.74) is 5.11. The molecular formula is C13H15F3N4. The van der Waals surface area contributed by atoms with E-state index in [1.807, 2.05) is 13.8 Å². The van der Waals surface area contributed by atoms with Gasteiger partial charge in [0.15, 0.2) is 11.6 Å². The predicted octanol–water partition coefficient (Wildman–Crippen LogP) is 3.21. The van der Waals surface area contributed by atoms with Crippen LogP contribution in [0.2, 0.25) is 0 Å². The van der Waals surface area contributed by atoms with E-state index in [1.54, 1.807) is 7.05 Å². The summed E-state index contributed by atoms with van der Waals surface area (Å²) in [7, 11) is 1.64. The molecule has 0 amide bonds. The van der Waals surface area contributed by atoms with Crippen molar-refractivity contribution in [1.29, 1.82) is 0 Å². The molecule has 2 rings (SSSR count). The number of anilines is 1. The molecule has 1 heterocycles. The van der Waals surface area contributed by atoms with Crippen molar-refractivity contribution in [3.63, 3.8) is 0 Å². The first-order valence-corrected chi connectivity index (χ1v) is 6.07. The van der Waals surface area contributed by atoms with Crippen LogP contribution in [0.3, 0.4) is 0 Å². The van der Waals surface area contributed by atoms with E-state index < -0.39 is 11.7 Å². The largest absolute Gasteiger partial charge is 0.416 e. The summed E-state index contributed by atoms with van der Waals surface area (Å²) >= 11 is 0. The number of aryl methyl sites for hydroxylation is 1. The zero-order chi connectivity index (χ0) is 15.1. The Balaban J connectivity index is 2.55. The van der Waals surface area contributed by atoms with Crippen LogP contribution in [-0.4, -0.2) is 14.8 Å². The molecule has 0 fully saturated rings. The summed E-state index contributed by atoms with van der Waals surface area (Å²) in [4.78, 5) is 4.27. The quantitative estimate of drug-likeness (QED) is 0.861. The van der Waals surface area contributed by atoms with Crippen LogP contribution in [0.25, 0.3) is 11.4 Å². The normalized spacial score (nSPS) is 12.2. The van der Waals surface area contributed by atoms with E-state index in [4.69, 9.17) is 5.73 Å². The van der Waals surface area contributed by atoms with Gasteiger partial charge in [0.1, 0.15) is 0 Å². The van der Waals surface area contributed by atoms with Crippen molar-refractivity contribution in [2.75, 3.05) is 5.73 Å². The van der Waals surface area contributed by atoms with Crippen molar-refractivity contribution < 1.29 is 13.2 Å². The van der Waals surface area contributed by atoms with Gasteiger partial charge < -0.3 is 5.73 Å². The van der Waals surface area contributed by atoms with Crippen LogP contribution in [0.5, 0.6) is 0 Å². The molecular weight excluding hydrogens is 269 g/mol. The maximum atomic E-state index is 12.8. The molecule has 2 aromatic rings. The fourth-order valence-electron chi connectivity index (χ4n) is 1.84. The molecule has 0 aliphatic heterocycles. The maximum absolute atomic E-state index is 12.8. The van der Waals surface area contributed by atoms with Crippen LogP contribution < -0.4 is 5.73 Å². The van der Waals surface area contributed by atoms with Gasteiger partial charge in [-0.25, -0.2) is 9.67 Å². The predicted molar refractivity (Wildman–Crippen MR) is 69.9 cm³/mol. The van der Waals surface area contributed by atoms with Crippen LogP contribution in [0.15, 0.2) is 18.2 Å². The SMILES string of the molecule is CC(C)c1nc(-c2cc(N)cc(C(F)(F)F)c2)n(C)n1. The second-order valence-corrected chi connectivity index (χ2v) is 4.91. The molecule has 0 saturated carbocycles. The average molecular weight is 284 g/mol. The molecule has 0 saturated heterocycles. The molecule has 0 aliphatic carbocycles. The van der Waals surface area contributed by atoms with E-state index in [-0.39, 0.29) is 11.6 Å². The zero-order valence-electron chi connectivity index (χ0n) is 11.4. The third-order valence-corrected chi connectivity index (χ3v) is 2.84. The van der Waals surface area contributed by atoms with Gasteiger partial charge in [0, 0.05) is 24.2 Å². The Morgan fingerprint density at radius 1 is 1.20 bits per heavy atom. The van der Waals surface area contributed by atoms with Crippen molar-refractivity contribution in [3.8, 4) is 11.4 Å². The van der Waals surface area contributed by atoms with Gasteiger partial charge in [-0.2, -0.15) is 18.3 Å². The van der Waals surface area contributed by atoms with E-state index in [0.29, 0.717) is 17.2 Å². The van der Waals surface area contributed by atoms with Crippen molar-refractivity contribution in [3.05, 3.63) is 29.6 Å². The highest BCUT2D eigenvalue weighted by Crippen LogP contribution is 2.33. The Labute approximate surface area is 114 Å². The molecule has 2 N–H and O–H groups in total. The van der Waals surface area contributed by atoms with Crippen LogP contribution in [0.4, 0.5) is 18.9 Å². The molecule has 0 unspecified atom stereocenters. The lowest BCUT2D eigenvalue weighted by molar-refractivity contribution is -0.137. The summed E-state index contributed by atoms with van der Waals surface area (Å²) in [6.07, 6.45) is -4.44. The van der Waals surface area contributed by atoms with E-state index >= 15 is 0 Å². The number of nitrogens with two attached hydrogens (primary N) is 1. The van der Waals surface area contributed by atoms with E-state index in [2.05, 4.69) is 10.1 Å². The van der Waals surface area contributed by atoms with E-state index in [9.17, 15) is 13.2 Å². The molecule has 0 bridgehead atoms. The maximum Gasteiger partial charge on any atom is 0.416 e. The Kier molecular flexibility index (Phi) is 3.45. The first-order chi connectivity index (χ1) is 9.18. The summed E-state index contributed by atoms with van der Waals surface area (Å²) in [6.45, 7) is 3.83. The fourth-order valence-corrected chi connectivity index (χ4v) is 1.84. The van der Waals surface area contributed by atoms with Gasteiger partial charge in [0.25, 0.3) is 0 Å².